The Morgan fingerprint density at radius 1 is 1.30 bits per heavy atom. The molecule has 2 aliphatic heterocycles. The van der Waals surface area contributed by atoms with Gasteiger partial charge in [0, 0.05) is 48.9 Å². The summed E-state index contributed by atoms with van der Waals surface area (Å²) in [7, 11) is 0. The van der Waals surface area contributed by atoms with Crippen LogP contribution in [-0.4, -0.2) is 45.0 Å². The maximum absolute atomic E-state index is 13.2. The summed E-state index contributed by atoms with van der Waals surface area (Å²) < 4.78 is 1.89. The number of hydrogen-bond donors (Lipinski definition) is 0. The van der Waals surface area contributed by atoms with Crippen LogP contribution in [0.5, 0.6) is 0 Å². The van der Waals surface area contributed by atoms with E-state index in [1.165, 1.54) is 10.4 Å². The van der Waals surface area contributed by atoms with E-state index in [0.717, 1.165) is 62.6 Å². The van der Waals surface area contributed by atoms with Gasteiger partial charge in [-0.25, -0.2) is 4.98 Å². The predicted octanol–water partition coefficient (Wildman–Crippen LogP) is 2.90. The molecular weight excluding hydrogens is 358 g/mol. The molecule has 1 atom stereocenters. The van der Waals surface area contributed by atoms with Crippen molar-refractivity contribution in [3.05, 3.63) is 45.9 Å². The van der Waals surface area contributed by atoms with Crippen LogP contribution in [0.3, 0.4) is 0 Å². The van der Waals surface area contributed by atoms with Crippen molar-refractivity contribution >= 4 is 28.7 Å². The van der Waals surface area contributed by atoms with Gasteiger partial charge in [0.2, 0.25) is 5.91 Å². The highest BCUT2D eigenvalue weighted by atomic mass is 32.1. The molecule has 0 bridgehead atoms. The molecular formula is C20H23N5OS. The second-order valence-corrected chi connectivity index (χ2v) is 8.52. The molecule has 0 radical (unpaired) electrons. The SMILES string of the molecule is Cc1cc(N2CCCC(C(=O)N3CCc4sccc4C3)C2)n2nccc2n1. The van der Waals surface area contributed by atoms with E-state index in [-0.39, 0.29) is 5.92 Å². The summed E-state index contributed by atoms with van der Waals surface area (Å²) in [6.07, 6.45) is 4.77. The van der Waals surface area contributed by atoms with Gasteiger partial charge in [-0.15, -0.1) is 11.3 Å². The second-order valence-electron chi connectivity index (χ2n) is 7.52. The molecule has 3 aromatic heterocycles. The zero-order valence-corrected chi connectivity index (χ0v) is 16.3. The molecule has 0 aromatic carbocycles. The van der Waals surface area contributed by atoms with Crippen molar-refractivity contribution in [1.29, 1.82) is 0 Å². The third kappa shape index (κ3) is 3.00. The molecule has 3 aromatic rings. The molecule has 2 aliphatic rings. The zero-order chi connectivity index (χ0) is 18.4. The minimum atomic E-state index is 0.0537. The number of amides is 1. The molecule has 7 heteroatoms. The summed E-state index contributed by atoms with van der Waals surface area (Å²) >= 11 is 1.81. The Morgan fingerprint density at radius 3 is 3.15 bits per heavy atom. The normalized spacial score (nSPS) is 20.1. The van der Waals surface area contributed by atoms with E-state index in [1.54, 1.807) is 6.20 Å². The van der Waals surface area contributed by atoms with E-state index in [9.17, 15) is 4.79 Å². The van der Waals surface area contributed by atoms with Gasteiger partial charge < -0.3 is 9.80 Å². The van der Waals surface area contributed by atoms with Crippen molar-refractivity contribution in [3.63, 3.8) is 0 Å². The number of nitrogens with zero attached hydrogens (tertiary/aromatic N) is 5. The molecule has 1 fully saturated rings. The number of piperidine rings is 1. The van der Waals surface area contributed by atoms with Gasteiger partial charge >= 0.3 is 0 Å². The van der Waals surface area contributed by atoms with E-state index in [0.29, 0.717) is 5.91 Å². The van der Waals surface area contributed by atoms with E-state index < -0.39 is 0 Å². The summed E-state index contributed by atoms with van der Waals surface area (Å²) in [5, 5.41) is 6.57. The Kier molecular flexibility index (Phi) is 4.11. The Morgan fingerprint density at radius 2 is 2.22 bits per heavy atom. The van der Waals surface area contributed by atoms with E-state index in [4.69, 9.17) is 0 Å². The molecule has 0 saturated carbocycles. The fraction of sp³-hybridized carbons (Fsp3) is 0.450. The number of fused-ring (bicyclic) bond motifs is 2. The van der Waals surface area contributed by atoms with E-state index in [2.05, 4.69) is 37.4 Å². The van der Waals surface area contributed by atoms with Crippen molar-refractivity contribution in [1.82, 2.24) is 19.5 Å². The van der Waals surface area contributed by atoms with Crippen LogP contribution < -0.4 is 4.90 Å². The first-order valence-electron chi connectivity index (χ1n) is 9.59. The van der Waals surface area contributed by atoms with Crippen LogP contribution in [0.25, 0.3) is 5.65 Å². The van der Waals surface area contributed by atoms with Crippen LogP contribution >= 0.6 is 11.3 Å². The lowest BCUT2D eigenvalue weighted by molar-refractivity contribution is -0.136. The number of carbonyl (C=O) groups excluding carboxylic acids is 1. The minimum Gasteiger partial charge on any atom is -0.356 e. The lowest BCUT2D eigenvalue weighted by atomic mass is 9.95. The Labute approximate surface area is 162 Å². The predicted molar refractivity (Wildman–Crippen MR) is 106 cm³/mol. The van der Waals surface area contributed by atoms with Crippen LogP contribution in [-0.2, 0) is 17.8 Å². The van der Waals surface area contributed by atoms with Crippen LogP contribution in [0.15, 0.2) is 29.8 Å². The standard InChI is InChI=1S/C20H23N5OS/c1-14-11-19(25-18(22-14)4-7-21-25)23-8-2-3-16(13-23)20(26)24-9-5-17-15(12-24)6-10-27-17/h4,6-7,10-11,16H,2-3,5,8-9,12-13H2,1H3. The quantitative estimate of drug-likeness (QED) is 0.685. The lowest BCUT2D eigenvalue weighted by Gasteiger charge is -2.37. The largest absolute Gasteiger partial charge is 0.356 e. The molecule has 0 N–H and O–H groups in total. The Hall–Kier alpha value is -2.41. The number of carbonyl (C=O) groups is 1. The number of aryl methyl sites for hydroxylation is 1. The van der Waals surface area contributed by atoms with Gasteiger partial charge in [0.05, 0.1) is 12.1 Å². The fourth-order valence-corrected chi connectivity index (χ4v) is 5.22. The van der Waals surface area contributed by atoms with Gasteiger partial charge in [0.15, 0.2) is 5.65 Å². The van der Waals surface area contributed by atoms with Crippen LogP contribution in [0.4, 0.5) is 5.82 Å². The maximum Gasteiger partial charge on any atom is 0.227 e. The number of rotatable bonds is 2. The van der Waals surface area contributed by atoms with Gasteiger partial charge in [-0.05, 0) is 43.2 Å². The molecule has 27 heavy (non-hydrogen) atoms. The first-order valence-corrected chi connectivity index (χ1v) is 10.5. The van der Waals surface area contributed by atoms with Gasteiger partial charge in [0.25, 0.3) is 0 Å². The average molecular weight is 382 g/mol. The summed E-state index contributed by atoms with van der Waals surface area (Å²) in [5.41, 5.74) is 3.17. The van der Waals surface area contributed by atoms with Crippen molar-refractivity contribution in [2.75, 3.05) is 24.5 Å². The lowest BCUT2D eigenvalue weighted by Crippen LogP contribution is -2.46. The summed E-state index contributed by atoms with van der Waals surface area (Å²) in [5.74, 6) is 1.40. The maximum atomic E-state index is 13.2. The molecule has 0 aliphatic carbocycles. The molecule has 0 spiro atoms. The highest BCUT2D eigenvalue weighted by Crippen LogP contribution is 2.29. The number of aromatic nitrogens is 3. The summed E-state index contributed by atoms with van der Waals surface area (Å²) in [6, 6.07) is 6.17. The summed E-state index contributed by atoms with van der Waals surface area (Å²) in [4.78, 5) is 23.6. The Bertz CT molecular complexity index is 993. The molecule has 140 valence electrons. The van der Waals surface area contributed by atoms with Crippen molar-refractivity contribution < 1.29 is 4.79 Å². The van der Waals surface area contributed by atoms with Crippen molar-refractivity contribution in [2.24, 2.45) is 5.92 Å². The van der Waals surface area contributed by atoms with E-state index in [1.807, 2.05) is 28.8 Å². The van der Waals surface area contributed by atoms with Gasteiger partial charge in [-0.3, -0.25) is 4.79 Å². The second kappa shape index (κ2) is 6.64. The van der Waals surface area contributed by atoms with Crippen LogP contribution in [0.1, 0.15) is 29.0 Å². The summed E-state index contributed by atoms with van der Waals surface area (Å²) in [6.45, 7) is 5.34. The highest BCUT2D eigenvalue weighted by Gasteiger charge is 2.32. The van der Waals surface area contributed by atoms with Crippen LogP contribution in [0.2, 0.25) is 0 Å². The van der Waals surface area contributed by atoms with Gasteiger partial charge in [-0.1, -0.05) is 0 Å². The van der Waals surface area contributed by atoms with E-state index >= 15 is 0 Å². The Balaban J connectivity index is 1.36. The monoisotopic (exact) mass is 381 g/mol. The van der Waals surface area contributed by atoms with Crippen molar-refractivity contribution in [3.8, 4) is 0 Å². The highest BCUT2D eigenvalue weighted by molar-refractivity contribution is 7.10. The fourth-order valence-electron chi connectivity index (χ4n) is 4.33. The molecule has 1 saturated heterocycles. The molecule has 5 rings (SSSR count). The smallest absolute Gasteiger partial charge is 0.227 e. The molecule has 5 heterocycles. The number of anilines is 1. The van der Waals surface area contributed by atoms with Crippen LogP contribution in [0, 0.1) is 12.8 Å². The van der Waals surface area contributed by atoms with Crippen molar-refractivity contribution in [2.45, 2.75) is 32.7 Å². The van der Waals surface area contributed by atoms with Gasteiger partial charge in [-0.2, -0.15) is 9.61 Å². The molecule has 1 amide bonds. The number of thiophene rings is 1. The topological polar surface area (TPSA) is 53.7 Å². The third-order valence-electron chi connectivity index (χ3n) is 5.68. The average Bonchev–Trinajstić information content (AvgIpc) is 3.35. The molecule has 1 unspecified atom stereocenters. The first-order chi connectivity index (χ1) is 13.2. The molecule has 6 nitrogen and oxygen atoms in total. The third-order valence-corrected chi connectivity index (χ3v) is 6.71. The van der Waals surface area contributed by atoms with Gasteiger partial charge in [0.1, 0.15) is 5.82 Å². The number of hydrogen-bond acceptors (Lipinski definition) is 5. The first kappa shape index (κ1) is 16.7. The zero-order valence-electron chi connectivity index (χ0n) is 15.5. The minimum absolute atomic E-state index is 0.0537.